The fourth-order valence-electron chi connectivity index (χ4n) is 4.80. The van der Waals surface area contributed by atoms with Crippen LogP contribution in [0.5, 0.6) is 11.5 Å². The molecule has 0 radical (unpaired) electrons. The molecule has 1 aliphatic rings. The summed E-state index contributed by atoms with van der Waals surface area (Å²) in [7, 11) is 0. The molecule has 0 saturated carbocycles. The normalized spacial score (nSPS) is 13.4. The molecule has 0 aromatic heterocycles. The lowest BCUT2D eigenvalue weighted by atomic mass is 9.79. The Bertz CT molecular complexity index is 1440. The molecule has 1 heterocycles. The molecule has 0 bridgehead atoms. The van der Waals surface area contributed by atoms with Gasteiger partial charge < -0.3 is 25.4 Å². The molecule has 10 heteroatoms. The standard InChI is InChI=1S/C31H32N4O6/c1-5-40-25-13-9-7-11-23(25)33-30(36)27-19(3)32-20(4)28(29(27)21-15-17-22(18-16-21)35(38)39)31(37)34-24-12-8-10-14-26(24)41-6-2/h7-18,29,32H,5-6H2,1-4H3,(H,33,36)(H,34,37). The van der Waals surface area contributed by atoms with E-state index in [4.69, 9.17) is 9.47 Å². The van der Waals surface area contributed by atoms with Crippen molar-refractivity contribution in [1.29, 1.82) is 0 Å². The zero-order valence-corrected chi connectivity index (χ0v) is 23.3. The Balaban J connectivity index is 1.78. The largest absolute Gasteiger partial charge is 0.492 e. The van der Waals surface area contributed by atoms with Crippen LogP contribution in [-0.2, 0) is 9.59 Å². The number of anilines is 2. The zero-order chi connectivity index (χ0) is 29.5. The van der Waals surface area contributed by atoms with E-state index in [0.29, 0.717) is 64.2 Å². The third-order valence-electron chi connectivity index (χ3n) is 6.56. The van der Waals surface area contributed by atoms with Crippen molar-refractivity contribution < 1.29 is 24.0 Å². The van der Waals surface area contributed by atoms with E-state index in [2.05, 4.69) is 16.0 Å². The molecule has 4 rings (SSSR count). The van der Waals surface area contributed by atoms with E-state index >= 15 is 0 Å². The molecule has 41 heavy (non-hydrogen) atoms. The van der Waals surface area contributed by atoms with Gasteiger partial charge in [0.2, 0.25) is 0 Å². The summed E-state index contributed by atoms with van der Waals surface area (Å²) in [6, 6.07) is 20.0. The molecule has 0 spiro atoms. The average molecular weight is 557 g/mol. The lowest BCUT2D eigenvalue weighted by Gasteiger charge is -2.31. The van der Waals surface area contributed by atoms with Crippen LogP contribution in [0, 0.1) is 10.1 Å². The van der Waals surface area contributed by atoms with Crippen molar-refractivity contribution in [3.63, 3.8) is 0 Å². The number of ether oxygens (including phenoxy) is 2. The number of benzene rings is 3. The summed E-state index contributed by atoms with van der Waals surface area (Å²) in [6.07, 6.45) is 0. The molecular formula is C31H32N4O6. The molecule has 3 N–H and O–H groups in total. The highest BCUT2D eigenvalue weighted by atomic mass is 16.6. The molecule has 1 aliphatic heterocycles. The monoisotopic (exact) mass is 556 g/mol. The Morgan fingerprint density at radius 2 is 1.22 bits per heavy atom. The number of allylic oxidation sites excluding steroid dienone is 2. The predicted octanol–water partition coefficient (Wildman–Crippen LogP) is 5.90. The third kappa shape index (κ3) is 6.38. The van der Waals surface area contributed by atoms with Gasteiger partial charge in [0, 0.05) is 40.6 Å². The summed E-state index contributed by atoms with van der Waals surface area (Å²) >= 11 is 0. The molecule has 0 atom stereocenters. The van der Waals surface area contributed by atoms with Gasteiger partial charge in [-0.2, -0.15) is 0 Å². The molecule has 0 saturated heterocycles. The van der Waals surface area contributed by atoms with Crippen LogP contribution in [0.2, 0.25) is 0 Å². The smallest absolute Gasteiger partial charge is 0.269 e. The quantitative estimate of drug-likeness (QED) is 0.209. The van der Waals surface area contributed by atoms with Crippen molar-refractivity contribution in [2.75, 3.05) is 23.8 Å². The van der Waals surface area contributed by atoms with E-state index in [1.165, 1.54) is 12.1 Å². The highest BCUT2D eigenvalue weighted by Crippen LogP contribution is 2.40. The first-order valence-electron chi connectivity index (χ1n) is 13.2. The Kier molecular flexibility index (Phi) is 9.03. The van der Waals surface area contributed by atoms with Gasteiger partial charge in [-0.3, -0.25) is 19.7 Å². The molecule has 212 valence electrons. The van der Waals surface area contributed by atoms with Crippen molar-refractivity contribution in [2.45, 2.75) is 33.6 Å². The second-order valence-electron chi connectivity index (χ2n) is 9.25. The maximum absolute atomic E-state index is 13.9. The van der Waals surface area contributed by atoms with Crippen LogP contribution < -0.4 is 25.4 Å². The lowest BCUT2D eigenvalue weighted by molar-refractivity contribution is -0.384. The number of carbonyl (C=O) groups excluding carboxylic acids is 2. The number of para-hydroxylation sites is 4. The lowest BCUT2D eigenvalue weighted by Crippen LogP contribution is -2.35. The first-order chi connectivity index (χ1) is 19.7. The zero-order valence-electron chi connectivity index (χ0n) is 23.3. The van der Waals surface area contributed by atoms with Gasteiger partial charge in [-0.05, 0) is 57.5 Å². The van der Waals surface area contributed by atoms with Crippen molar-refractivity contribution in [2.24, 2.45) is 0 Å². The number of nitro benzene ring substituents is 1. The number of rotatable bonds is 10. The molecule has 0 unspecified atom stereocenters. The maximum atomic E-state index is 13.9. The van der Waals surface area contributed by atoms with Gasteiger partial charge in [0.15, 0.2) is 0 Å². The minimum atomic E-state index is -0.837. The van der Waals surface area contributed by atoms with E-state index in [1.807, 2.05) is 26.0 Å². The SMILES string of the molecule is CCOc1ccccc1NC(=O)C1=C(C)NC(C)=C(C(=O)Nc2ccccc2OCC)C1c1ccc([N+](=O)[O-])cc1. The Morgan fingerprint density at radius 3 is 1.63 bits per heavy atom. The van der Waals surface area contributed by atoms with Crippen molar-refractivity contribution in [1.82, 2.24) is 5.32 Å². The Hall–Kier alpha value is -5.12. The van der Waals surface area contributed by atoms with E-state index in [0.717, 1.165) is 0 Å². The Morgan fingerprint density at radius 1 is 0.780 bits per heavy atom. The maximum Gasteiger partial charge on any atom is 0.269 e. The molecule has 0 aliphatic carbocycles. The van der Waals surface area contributed by atoms with Crippen molar-refractivity contribution in [3.8, 4) is 11.5 Å². The molecule has 3 aromatic rings. The second-order valence-corrected chi connectivity index (χ2v) is 9.25. The second kappa shape index (κ2) is 12.8. The fraction of sp³-hybridized carbons (Fsp3) is 0.226. The summed E-state index contributed by atoms with van der Waals surface area (Å²) in [4.78, 5) is 38.7. The number of dihydropyridines is 1. The van der Waals surface area contributed by atoms with Crippen LogP contribution in [0.15, 0.2) is 95.3 Å². The number of carbonyl (C=O) groups is 2. The van der Waals surface area contributed by atoms with Gasteiger partial charge in [-0.1, -0.05) is 36.4 Å². The van der Waals surface area contributed by atoms with Gasteiger partial charge in [-0.25, -0.2) is 0 Å². The van der Waals surface area contributed by atoms with Crippen LogP contribution in [0.25, 0.3) is 0 Å². The summed E-state index contributed by atoms with van der Waals surface area (Å²) in [6.45, 7) is 8.04. The van der Waals surface area contributed by atoms with E-state index < -0.39 is 22.7 Å². The molecule has 2 amide bonds. The van der Waals surface area contributed by atoms with Gasteiger partial charge in [0.25, 0.3) is 17.5 Å². The van der Waals surface area contributed by atoms with Crippen LogP contribution in [-0.4, -0.2) is 30.0 Å². The fourth-order valence-corrected chi connectivity index (χ4v) is 4.80. The number of nitrogens with zero attached hydrogens (tertiary/aromatic N) is 1. The van der Waals surface area contributed by atoms with Gasteiger partial charge >= 0.3 is 0 Å². The first kappa shape index (κ1) is 28.9. The number of non-ortho nitro benzene ring substituents is 1. The van der Waals surface area contributed by atoms with Gasteiger partial charge in [0.05, 0.1) is 29.5 Å². The van der Waals surface area contributed by atoms with Crippen LogP contribution in [0.1, 0.15) is 39.2 Å². The summed E-state index contributed by atoms with van der Waals surface area (Å²) < 4.78 is 11.4. The number of nitro groups is 1. The number of hydrogen-bond donors (Lipinski definition) is 3. The molecular weight excluding hydrogens is 524 g/mol. The van der Waals surface area contributed by atoms with Gasteiger partial charge in [-0.15, -0.1) is 0 Å². The van der Waals surface area contributed by atoms with Crippen molar-refractivity contribution in [3.05, 3.63) is 111 Å². The Labute approximate surface area is 238 Å². The predicted molar refractivity (Wildman–Crippen MR) is 157 cm³/mol. The van der Waals surface area contributed by atoms with Crippen LogP contribution >= 0.6 is 0 Å². The highest BCUT2D eigenvalue weighted by molar-refractivity contribution is 6.12. The summed E-state index contributed by atoms with van der Waals surface area (Å²) in [5, 5.41) is 20.4. The highest BCUT2D eigenvalue weighted by Gasteiger charge is 2.37. The number of nitrogens with one attached hydrogen (secondary N) is 3. The topological polar surface area (TPSA) is 132 Å². The number of amides is 2. The molecule has 3 aromatic carbocycles. The molecule has 10 nitrogen and oxygen atoms in total. The van der Waals surface area contributed by atoms with E-state index in [-0.39, 0.29) is 5.69 Å². The van der Waals surface area contributed by atoms with Crippen molar-refractivity contribution >= 4 is 28.9 Å². The van der Waals surface area contributed by atoms with Crippen LogP contribution in [0.4, 0.5) is 17.1 Å². The van der Waals surface area contributed by atoms with Crippen LogP contribution in [0.3, 0.4) is 0 Å². The summed E-state index contributed by atoms with van der Waals surface area (Å²) in [5.74, 6) is -0.712. The van der Waals surface area contributed by atoms with Gasteiger partial charge in [0.1, 0.15) is 11.5 Å². The summed E-state index contributed by atoms with van der Waals surface area (Å²) in [5.41, 5.74) is 3.07. The van der Waals surface area contributed by atoms with E-state index in [1.54, 1.807) is 62.4 Å². The minimum Gasteiger partial charge on any atom is -0.492 e. The molecule has 0 fully saturated rings. The number of hydrogen-bond acceptors (Lipinski definition) is 7. The average Bonchev–Trinajstić information content (AvgIpc) is 2.95. The third-order valence-corrected chi connectivity index (χ3v) is 6.56. The minimum absolute atomic E-state index is 0.0997. The first-order valence-corrected chi connectivity index (χ1v) is 13.2. The van der Waals surface area contributed by atoms with E-state index in [9.17, 15) is 19.7 Å².